The molecule has 0 saturated carbocycles. The molecule has 4 rings (SSSR count). The van der Waals surface area contributed by atoms with Gasteiger partial charge in [-0.15, -0.1) is 0 Å². The molecule has 0 fully saturated rings. The van der Waals surface area contributed by atoms with Gasteiger partial charge in [0, 0.05) is 25.6 Å². The van der Waals surface area contributed by atoms with E-state index in [1.165, 1.54) is 5.56 Å². The molecule has 0 aliphatic carbocycles. The van der Waals surface area contributed by atoms with Gasteiger partial charge in [0.05, 0.1) is 16.8 Å². The van der Waals surface area contributed by atoms with Gasteiger partial charge in [-0.1, -0.05) is 48.0 Å². The van der Waals surface area contributed by atoms with Gasteiger partial charge in [-0.2, -0.15) is 0 Å². The van der Waals surface area contributed by atoms with E-state index < -0.39 is 0 Å². The predicted molar refractivity (Wildman–Crippen MR) is 126 cm³/mol. The molecule has 29 heavy (non-hydrogen) atoms. The van der Waals surface area contributed by atoms with Crippen molar-refractivity contribution in [1.29, 1.82) is 0 Å². The highest BCUT2D eigenvalue weighted by molar-refractivity contribution is 9.13. The van der Waals surface area contributed by atoms with Crippen molar-refractivity contribution < 1.29 is 4.79 Å². The largest absolute Gasteiger partial charge is 0.322 e. The fraction of sp³-hybridized carbons (Fsp3) is 0.0833. The van der Waals surface area contributed by atoms with Gasteiger partial charge in [-0.05, 0) is 75.5 Å². The van der Waals surface area contributed by atoms with E-state index in [1.807, 2.05) is 61.5 Å². The number of hydrogen-bond donors (Lipinski definition) is 1. The number of aryl methyl sites for hydroxylation is 1. The van der Waals surface area contributed by atoms with E-state index in [0.29, 0.717) is 5.56 Å². The predicted octanol–water partition coefficient (Wildman–Crippen LogP) is 7.30. The van der Waals surface area contributed by atoms with E-state index >= 15 is 0 Å². The summed E-state index contributed by atoms with van der Waals surface area (Å²) < 4.78 is 1.81. The van der Waals surface area contributed by atoms with Crippen molar-refractivity contribution in [1.82, 2.24) is 4.98 Å². The van der Waals surface area contributed by atoms with Crippen LogP contribution in [0, 0.1) is 13.8 Å². The van der Waals surface area contributed by atoms with E-state index in [4.69, 9.17) is 4.98 Å². The molecule has 1 amide bonds. The van der Waals surface area contributed by atoms with Crippen molar-refractivity contribution in [2.45, 2.75) is 13.8 Å². The van der Waals surface area contributed by atoms with E-state index in [0.717, 1.165) is 42.4 Å². The Morgan fingerprint density at radius 1 is 0.897 bits per heavy atom. The number of fused-ring (bicyclic) bond motifs is 1. The van der Waals surface area contributed by atoms with Crippen LogP contribution >= 0.6 is 31.9 Å². The molecule has 1 heterocycles. The Bertz CT molecular complexity index is 1230. The standard InChI is InChI=1S/C24H18Br2N2O/c1-14-7-9-16(10-8-14)23-15(2)22(18-5-3-4-6-21(18)28-23)24(29)27-17-11-12-19(25)20(26)13-17/h3-13H,1-2H3,(H,27,29). The summed E-state index contributed by atoms with van der Waals surface area (Å²) >= 11 is 6.94. The minimum Gasteiger partial charge on any atom is -0.322 e. The molecule has 0 saturated heterocycles. The first-order chi connectivity index (χ1) is 13.9. The van der Waals surface area contributed by atoms with Gasteiger partial charge in [-0.25, -0.2) is 4.98 Å². The first-order valence-electron chi connectivity index (χ1n) is 9.17. The molecule has 0 unspecified atom stereocenters. The Kier molecular flexibility index (Phi) is 5.52. The third kappa shape index (κ3) is 3.98. The molecular weight excluding hydrogens is 492 g/mol. The smallest absolute Gasteiger partial charge is 0.256 e. The molecular formula is C24H18Br2N2O. The number of anilines is 1. The first-order valence-corrected chi connectivity index (χ1v) is 10.8. The quantitative estimate of drug-likeness (QED) is 0.315. The second kappa shape index (κ2) is 8.09. The van der Waals surface area contributed by atoms with Gasteiger partial charge < -0.3 is 5.32 Å². The zero-order chi connectivity index (χ0) is 20.5. The lowest BCUT2D eigenvalue weighted by atomic mass is 9.96. The summed E-state index contributed by atoms with van der Waals surface area (Å²) in [5.41, 5.74) is 6.04. The second-order valence-corrected chi connectivity index (χ2v) is 8.64. The highest BCUT2D eigenvalue weighted by Crippen LogP contribution is 2.31. The summed E-state index contributed by atoms with van der Waals surface area (Å²) in [4.78, 5) is 18.2. The molecule has 0 aliphatic heterocycles. The summed E-state index contributed by atoms with van der Waals surface area (Å²) in [6.07, 6.45) is 0. The lowest BCUT2D eigenvalue weighted by Gasteiger charge is -2.15. The number of aromatic nitrogens is 1. The van der Waals surface area contributed by atoms with Crippen molar-refractivity contribution in [3.63, 3.8) is 0 Å². The SMILES string of the molecule is Cc1ccc(-c2nc3ccccc3c(C(=O)Nc3ccc(Br)c(Br)c3)c2C)cc1. The third-order valence-electron chi connectivity index (χ3n) is 4.87. The molecule has 4 aromatic rings. The molecule has 3 nitrogen and oxygen atoms in total. The summed E-state index contributed by atoms with van der Waals surface area (Å²) in [7, 11) is 0. The number of halogens is 2. The molecule has 144 valence electrons. The maximum atomic E-state index is 13.3. The topological polar surface area (TPSA) is 42.0 Å². The Morgan fingerprint density at radius 3 is 2.34 bits per heavy atom. The molecule has 0 bridgehead atoms. The van der Waals surface area contributed by atoms with Crippen molar-refractivity contribution in [2.24, 2.45) is 0 Å². The number of nitrogens with zero attached hydrogens (tertiary/aromatic N) is 1. The number of pyridine rings is 1. The van der Waals surface area contributed by atoms with Crippen LogP contribution in [-0.2, 0) is 0 Å². The summed E-state index contributed by atoms with van der Waals surface area (Å²) in [6.45, 7) is 4.01. The maximum Gasteiger partial charge on any atom is 0.256 e. The molecule has 1 aromatic heterocycles. The van der Waals surface area contributed by atoms with Gasteiger partial charge in [0.15, 0.2) is 0 Å². The number of nitrogens with one attached hydrogen (secondary N) is 1. The Balaban J connectivity index is 1.85. The van der Waals surface area contributed by atoms with Gasteiger partial charge in [-0.3, -0.25) is 4.79 Å². The molecule has 0 radical (unpaired) electrons. The summed E-state index contributed by atoms with van der Waals surface area (Å²) in [6, 6.07) is 21.6. The molecule has 3 aromatic carbocycles. The first kappa shape index (κ1) is 19.8. The van der Waals surface area contributed by atoms with Crippen LogP contribution in [0.15, 0.2) is 75.7 Å². The number of amides is 1. The van der Waals surface area contributed by atoms with Crippen LogP contribution in [-0.4, -0.2) is 10.9 Å². The number of para-hydroxylation sites is 1. The monoisotopic (exact) mass is 508 g/mol. The van der Waals surface area contributed by atoms with Crippen LogP contribution < -0.4 is 5.32 Å². The normalized spacial score (nSPS) is 10.9. The lowest BCUT2D eigenvalue weighted by molar-refractivity contribution is 0.102. The van der Waals surface area contributed by atoms with Crippen LogP contribution in [0.2, 0.25) is 0 Å². The molecule has 0 aliphatic rings. The Labute approximate surface area is 186 Å². The molecule has 5 heteroatoms. The average molecular weight is 510 g/mol. The minimum absolute atomic E-state index is 0.149. The highest BCUT2D eigenvalue weighted by atomic mass is 79.9. The number of benzene rings is 3. The number of carbonyl (C=O) groups is 1. The number of hydrogen-bond acceptors (Lipinski definition) is 2. The van der Waals surface area contributed by atoms with Crippen LogP contribution in [0.5, 0.6) is 0 Å². The van der Waals surface area contributed by atoms with E-state index in [-0.39, 0.29) is 5.91 Å². The van der Waals surface area contributed by atoms with Gasteiger partial charge in [0.25, 0.3) is 5.91 Å². The maximum absolute atomic E-state index is 13.3. The summed E-state index contributed by atoms with van der Waals surface area (Å²) in [5, 5.41) is 3.87. The van der Waals surface area contributed by atoms with Crippen LogP contribution in [0.25, 0.3) is 22.2 Å². The van der Waals surface area contributed by atoms with Crippen molar-refractivity contribution in [3.8, 4) is 11.3 Å². The van der Waals surface area contributed by atoms with Crippen LogP contribution in [0.3, 0.4) is 0 Å². The Hall–Kier alpha value is -2.50. The van der Waals surface area contributed by atoms with Crippen LogP contribution in [0.1, 0.15) is 21.5 Å². The minimum atomic E-state index is -0.149. The molecule has 0 atom stereocenters. The second-order valence-electron chi connectivity index (χ2n) is 6.93. The Morgan fingerprint density at radius 2 is 1.62 bits per heavy atom. The van der Waals surface area contributed by atoms with Gasteiger partial charge in [0.2, 0.25) is 0 Å². The van der Waals surface area contributed by atoms with Gasteiger partial charge in [0.1, 0.15) is 0 Å². The van der Waals surface area contributed by atoms with Crippen LogP contribution in [0.4, 0.5) is 5.69 Å². The fourth-order valence-corrected chi connectivity index (χ4v) is 3.99. The van der Waals surface area contributed by atoms with E-state index in [1.54, 1.807) is 0 Å². The zero-order valence-corrected chi connectivity index (χ0v) is 19.1. The van der Waals surface area contributed by atoms with Crippen molar-refractivity contribution in [3.05, 3.63) is 92.4 Å². The lowest BCUT2D eigenvalue weighted by Crippen LogP contribution is -2.15. The highest BCUT2D eigenvalue weighted by Gasteiger charge is 2.19. The summed E-state index contributed by atoms with van der Waals surface area (Å²) in [5.74, 6) is -0.149. The number of carbonyl (C=O) groups excluding carboxylic acids is 1. The van der Waals surface area contributed by atoms with Crippen molar-refractivity contribution in [2.75, 3.05) is 5.32 Å². The fourth-order valence-electron chi connectivity index (χ4n) is 3.36. The van der Waals surface area contributed by atoms with Crippen molar-refractivity contribution >= 4 is 54.4 Å². The number of rotatable bonds is 3. The van der Waals surface area contributed by atoms with E-state index in [2.05, 4.69) is 56.2 Å². The third-order valence-corrected chi connectivity index (χ3v) is 6.75. The average Bonchev–Trinajstić information content (AvgIpc) is 2.71. The molecule has 1 N–H and O–H groups in total. The molecule has 0 spiro atoms. The van der Waals surface area contributed by atoms with Gasteiger partial charge >= 0.3 is 0 Å². The zero-order valence-electron chi connectivity index (χ0n) is 16.0. The van der Waals surface area contributed by atoms with E-state index in [9.17, 15) is 4.79 Å².